The summed E-state index contributed by atoms with van der Waals surface area (Å²) in [7, 11) is 1.57. The summed E-state index contributed by atoms with van der Waals surface area (Å²) < 4.78 is 37.9. The molecule has 1 fully saturated rings. The molecule has 9 nitrogen and oxygen atoms in total. The summed E-state index contributed by atoms with van der Waals surface area (Å²) in [6.45, 7) is 6.85. The Morgan fingerprint density at radius 1 is 0.951 bits per heavy atom. The minimum atomic E-state index is -0.629. The number of hydrogen-bond donors (Lipinski definition) is 2. The quantitative estimate of drug-likeness (QED) is 0.222. The van der Waals surface area contributed by atoms with E-state index in [0.29, 0.717) is 40.4 Å². The van der Waals surface area contributed by atoms with Gasteiger partial charge in [-0.15, -0.1) is 0 Å². The van der Waals surface area contributed by atoms with E-state index >= 15 is 4.39 Å². The lowest BCUT2D eigenvalue weighted by Crippen LogP contribution is -2.37. The maximum Gasteiger partial charge on any atom is 0.323 e. The summed E-state index contributed by atoms with van der Waals surface area (Å²) in [4.78, 5) is 19.1. The van der Waals surface area contributed by atoms with E-state index in [1.165, 1.54) is 12.1 Å². The second kappa shape index (κ2) is 13.3. The van der Waals surface area contributed by atoms with Crippen molar-refractivity contribution in [2.75, 3.05) is 57.2 Å². The minimum absolute atomic E-state index is 0.00407. The number of carbonyl (C=O) groups is 1. The Morgan fingerprint density at radius 3 is 2.46 bits per heavy atom. The molecule has 2 amide bonds. The molecule has 1 aliphatic heterocycles. The van der Waals surface area contributed by atoms with E-state index in [9.17, 15) is 4.79 Å². The van der Waals surface area contributed by atoms with Crippen LogP contribution in [0.15, 0.2) is 66.9 Å². The maximum absolute atomic E-state index is 15.0. The van der Waals surface area contributed by atoms with Crippen molar-refractivity contribution >= 4 is 28.3 Å². The number of morpholine rings is 1. The van der Waals surface area contributed by atoms with Crippen LogP contribution in [0.1, 0.15) is 12.0 Å². The van der Waals surface area contributed by atoms with Gasteiger partial charge in [-0.25, -0.2) is 9.18 Å². The van der Waals surface area contributed by atoms with E-state index in [2.05, 4.69) is 20.5 Å². The van der Waals surface area contributed by atoms with Crippen LogP contribution in [0.2, 0.25) is 0 Å². The molecule has 1 saturated heterocycles. The van der Waals surface area contributed by atoms with Crippen molar-refractivity contribution in [2.45, 2.75) is 13.3 Å². The molecule has 0 unspecified atom stereocenters. The predicted octanol–water partition coefficient (Wildman–Crippen LogP) is 6.23. The van der Waals surface area contributed by atoms with Crippen molar-refractivity contribution in [3.8, 4) is 23.0 Å². The molecule has 0 atom stereocenters. The first-order valence-electron chi connectivity index (χ1n) is 13.5. The normalized spacial score (nSPS) is 13.5. The number of fused-ring (bicyclic) bond motifs is 1. The van der Waals surface area contributed by atoms with E-state index in [-0.39, 0.29) is 11.4 Å². The van der Waals surface area contributed by atoms with Gasteiger partial charge in [0.2, 0.25) is 0 Å². The Morgan fingerprint density at radius 2 is 1.71 bits per heavy atom. The number of pyridine rings is 1. The van der Waals surface area contributed by atoms with Crippen LogP contribution in [0.3, 0.4) is 0 Å². The van der Waals surface area contributed by atoms with Crippen molar-refractivity contribution in [1.82, 2.24) is 9.88 Å². The highest BCUT2D eigenvalue weighted by Crippen LogP contribution is 2.38. The van der Waals surface area contributed by atoms with Crippen LogP contribution in [0.25, 0.3) is 10.9 Å². The van der Waals surface area contributed by atoms with Crippen LogP contribution in [0, 0.1) is 12.7 Å². The molecule has 2 N–H and O–H groups in total. The summed E-state index contributed by atoms with van der Waals surface area (Å²) in [6, 6.07) is 16.4. The number of benzene rings is 3. The van der Waals surface area contributed by atoms with Crippen LogP contribution in [0.4, 0.5) is 20.6 Å². The summed E-state index contributed by atoms with van der Waals surface area (Å²) in [5, 5.41) is 5.99. The van der Waals surface area contributed by atoms with Crippen molar-refractivity contribution in [1.29, 1.82) is 0 Å². The molecule has 4 aromatic rings. The largest absolute Gasteiger partial charge is 0.493 e. The van der Waals surface area contributed by atoms with Gasteiger partial charge in [0.1, 0.15) is 5.75 Å². The molecular formula is C31H33FN4O5. The molecule has 1 aromatic heterocycles. The first-order valence-corrected chi connectivity index (χ1v) is 13.5. The second-order valence-electron chi connectivity index (χ2n) is 9.68. The highest BCUT2D eigenvalue weighted by Gasteiger charge is 2.15. The lowest BCUT2D eigenvalue weighted by Gasteiger charge is -2.26. The van der Waals surface area contributed by atoms with Gasteiger partial charge in [0, 0.05) is 54.7 Å². The van der Waals surface area contributed by atoms with Gasteiger partial charge in [-0.05, 0) is 49.7 Å². The smallest absolute Gasteiger partial charge is 0.323 e. The number of methoxy groups -OCH3 is 1. The molecule has 0 saturated carbocycles. The van der Waals surface area contributed by atoms with Gasteiger partial charge in [0.15, 0.2) is 23.1 Å². The fourth-order valence-electron chi connectivity index (χ4n) is 4.49. The van der Waals surface area contributed by atoms with Crippen molar-refractivity contribution in [3.63, 3.8) is 0 Å². The highest BCUT2D eigenvalue weighted by atomic mass is 19.1. The number of anilines is 2. The van der Waals surface area contributed by atoms with Crippen LogP contribution < -0.4 is 24.8 Å². The van der Waals surface area contributed by atoms with E-state index in [1.807, 2.05) is 19.1 Å². The van der Waals surface area contributed by atoms with Crippen molar-refractivity contribution in [3.05, 3.63) is 78.2 Å². The standard InChI is InChI=1S/C31H33FN4O5/c1-21-4-6-22(7-5-21)34-31(37)35-23-8-9-28(25(32)18-23)41-27-10-11-33-26-20-30(29(38-2)19-24(26)27)40-15-3-12-36-13-16-39-17-14-36/h4-11,18-20H,3,12-17H2,1-2H3,(H2,34,35,37). The van der Waals surface area contributed by atoms with E-state index in [0.717, 1.165) is 44.8 Å². The van der Waals surface area contributed by atoms with Gasteiger partial charge >= 0.3 is 6.03 Å². The molecule has 41 heavy (non-hydrogen) atoms. The molecule has 0 radical (unpaired) electrons. The van der Waals surface area contributed by atoms with Crippen LogP contribution in [-0.2, 0) is 4.74 Å². The van der Waals surface area contributed by atoms with Crippen LogP contribution >= 0.6 is 0 Å². The van der Waals surface area contributed by atoms with Gasteiger partial charge in [-0.2, -0.15) is 0 Å². The summed E-state index contributed by atoms with van der Waals surface area (Å²) in [5.41, 5.74) is 2.63. The van der Waals surface area contributed by atoms with Gasteiger partial charge < -0.3 is 29.6 Å². The highest BCUT2D eigenvalue weighted by molar-refractivity contribution is 5.99. The molecule has 2 heterocycles. The Kier molecular flexibility index (Phi) is 9.12. The molecule has 1 aliphatic rings. The third kappa shape index (κ3) is 7.41. The van der Waals surface area contributed by atoms with Gasteiger partial charge in [-0.3, -0.25) is 9.88 Å². The summed E-state index contributed by atoms with van der Waals surface area (Å²) in [6.07, 6.45) is 2.46. The number of aromatic nitrogens is 1. The molecule has 10 heteroatoms. The number of aryl methyl sites for hydroxylation is 1. The molecule has 5 rings (SSSR count). The molecular weight excluding hydrogens is 527 g/mol. The number of rotatable bonds is 10. The average Bonchev–Trinajstić information content (AvgIpc) is 2.98. The fraction of sp³-hybridized carbons (Fsp3) is 0.290. The Balaban J connectivity index is 1.24. The number of carbonyl (C=O) groups excluding carboxylic acids is 1. The Bertz CT molecular complexity index is 1490. The lowest BCUT2D eigenvalue weighted by molar-refractivity contribution is 0.0357. The number of ether oxygens (including phenoxy) is 4. The maximum atomic E-state index is 15.0. The van der Waals surface area contributed by atoms with Gasteiger partial charge in [0.05, 0.1) is 32.4 Å². The number of nitrogens with one attached hydrogen (secondary N) is 2. The second-order valence-corrected chi connectivity index (χ2v) is 9.68. The zero-order valence-corrected chi connectivity index (χ0v) is 23.1. The molecule has 214 valence electrons. The predicted molar refractivity (Wildman–Crippen MR) is 156 cm³/mol. The average molecular weight is 561 g/mol. The minimum Gasteiger partial charge on any atom is -0.493 e. The SMILES string of the molecule is COc1cc2c(Oc3ccc(NC(=O)Nc4ccc(C)cc4)cc3F)ccnc2cc1OCCCN1CCOCC1. The third-order valence-electron chi connectivity index (χ3n) is 6.69. The first kappa shape index (κ1) is 28.1. The summed E-state index contributed by atoms with van der Waals surface area (Å²) in [5.74, 6) is 0.891. The monoisotopic (exact) mass is 560 g/mol. The van der Waals surface area contributed by atoms with Gasteiger partial charge in [-0.1, -0.05) is 17.7 Å². The van der Waals surface area contributed by atoms with E-state index in [1.54, 1.807) is 49.7 Å². The zero-order chi connectivity index (χ0) is 28.6. The number of amides is 2. The Labute approximate surface area is 238 Å². The first-order chi connectivity index (χ1) is 20.0. The molecule has 0 aliphatic carbocycles. The van der Waals surface area contributed by atoms with E-state index < -0.39 is 11.8 Å². The lowest BCUT2D eigenvalue weighted by atomic mass is 10.1. The number of urea groups is 1. The van der Waals surface area contributed by atoms with Crippen molar-refractivity contribution in [2.24, 2.45) is 0 Å². The topological polar surface area (TPSA) is 94.2 Å². The van der Waals surface area contributed by atoms with E-state index in [4.69, 9.17) is 18.9 Å². The molecule has 0 spiro atoms. The molecule has 3 aromatic carbocycles. The Hall–Kier alpha value is -4.41. The third-order valence-corrected chi connectivity index (χ3v) is 6.69. The number of nitrogens with zero attached hydrogens (tertiary/aromatic N) is 2. The molecule has 0 bridgehead atoms. The van der Waals surface area contributed by atoms with Crippen LogP contribution in [-0.4, -0.2) is 62.5 Å². The van der Waals surface area contributed by atoms with Crippen molar-refractivity contribution < 1.29 is 28.1 Å². The summed E-state index contributed by atoms with van der Waals surface area (Å²) >= 11 is 0. The van der Waals surface area contributed by atoms with Crippen LogP contribution in [0.5, 0.6) is 23.0 Å². The number of halogens is 1. The number of hydrogen-bond acceptors (Lipinski definition) is 7. The fourth-order valence-corrected chi connectivity index (χ4v) is 4.49. The van der Waals surface area contributed by atoms with Gasteiger partial charge in [0.25, 0.3) is 0 Å². The zero-order valence-electron chi connectivity index (χ0n) is 23.1.